The monoisotopic (exact) mass is 270 g/mol. The highest BCUT2D eigenvalue weighted by Crippen LogP contribution is 2.35. The van der Waals surface area contributed by atoms with Gasteiger partial charge in [-0.25, -0.2) is 0 Å². The maximum absolute atomic E-state index is 9.63. The number of rotatable bonds is 9. The van der Waals surface area contributed by atoms with Crippen molar-refractivity contribution in [1.29, 1.82) is 0 Å². The Morgan fingerprint density at radius 2 is 1.84 bits per heavy atom. The topological polar surface area (TPSA) is 35.5 Å². The molecule has 1 aliphatic carbocycles. The van der Waals surface area contributed by atoms with Crippen LogP contribution in [-0.2, 0) is 0 Å². The first-order valence-electron chi connectivity index (χ1n) is 8.11. The Morgan fingerprint density at radius 1 is 1.16 bits per heavy atom. The summed E-state index contributed by atoms with van der Waals surface area (Å²) in [6, 6.07) is 0.646. The smallest absolute Gasteiger partial charge is 0.0499 e. The molecule has 0 radical (unpaired) electrons. The number of nitrogens with zero attached hydrogens (tertiary/aromatic N) is 1. The fourth-order valence-corrected chi connectivity index (χ4v) is 2.92. The molecule has 0 heterocycles. The lowest BCUT2D eigenvalue weighted by Gasteiger charge is -2.35. The quantitative estimate of drug-likeness (QED) is 0.632. The van der Waals surface area contributed by atoms with Crippen LogP contribution in [-0.4, -0.2) is 49.3 Å². The van der Waals surface area contributed by atoms with E-state index in [4.69, 9.17) is 0 Å². The summed E-state index contributed by atoms with van der Waals surface area (Å²) in [6.07, 6.45) is 8.83. The number of hydrogen-bond donors (Lipinski definition) is 2. The molecule has 0 aromatic heterocycles. The van der Waals surface area contributed by atoms with Gasteiger partial charge in [-0.05, 0) is 59.7 Å². The molecule has 3 heteroatoms. The van der Waals surface area contributed by atoms with Crippen LogP contribution >= 0.6 is 0 Å². The lowest BCUT2D eigenvalue weighted by atomic mass is 9.74. The predicted molar refractivity (Wildman–Crippen MR) is 82.5 cm³/mol. The highest BCUT2D eigenvalue weighted by Gasteiger charge is 2.30. The van der Waals surface area contributed by atoms with Crippen LogP contribution in [0.25, 0.3) is 0 Å². The Bertz CT molecular complexity index is 225. The van der Waals surface area contributed by atoms with Gasteiger partial charge in [0.2, 0.25) is 0 Å². The zero-order chi connectivity index (χ0) is 14.1. The summed E-state index contributed by atoms with van der Waals surface area (Å²) in [7, 11) is 2.20. The van der Waals surface area contributed by atoms with Crippen LogP contribution in [0, 0.1) is 5.41 Å². The van der Waals surface area contributed by atoms with E-state index in [0.29, 0.717) is 12.6 Å². The molecule has 1 fully saturated rings. The van der Waals surface area contributed by atoms with E-state index < -0.39 is 0 Å². The number of aliphatic hydroxyl groups is 1. The van der Waals surface area contributed by atoms with Gasteiger partial charge in [-0.3, -0.25) is 0 Å². The van der Waals surface area contributed by atoms with Crippen molar-refractivity contribution in [2.75, 3.05) is 33.3 Å². The maximum atomic E-state index is 9.63. The molecule has 0 aromatic carbocycles. The lowest BCUT2D eigenvalue weighted by molar-refractivity contribution is 0.0814. The van der Waals surface area contributed by atoms with Crippen LogP contribution in [0.3, 0.4) is 0 Å². The maximum Gasteiger partial charge on any atom is 0.0499 e. The summed E-state index contributed by atoms with van der Waals surface area (Å²) in [5.74, 6) is 0. The van der Waals surface area contributed by atoms with E-state index in [2.05, 4.69) is 31.1 Å². The summed E-state index contributed by atoms with van der Waals surface area (Å²) in [5, 5.41) is 13.2. The normalized spacial score (nSPS) is 19.3. The molecule has 0 amide bonds. The second-order valence-corrected chi connectivity index (χ2v) is 6.68. The molecule has 2 N–H and O–H groups in total. The third kappa shape index (κ3) is 6.24. The Kier molecular flexibility index (Phi) is 7.96. The minimum atomic E-state index is 0.187. The third-order valence-electron chi connectivity index (χ3n) is 4.75. The number of nitrogens with one attached hydrogen (secondary N) is 1. The van der Waals surface area contributed by atoms with Crippen LogP contribution in [0.2, 0.25) is 0 Å². The average Bonchev–Trinajstić information content (AvgIpc) is 2.43. The first-order chi connectivity index (χ1) is 9.09. The predicted octanol–water partition coefficient (Wildman–Crippen LogP) is 2.64. The van der Waals surface area contributed by atoms with E-state index >= 15 is 0 Å². The second-order valence-electron chi connectivity index (χ2n) is 6.68. The third-order valence-corrected chi connectivity index (χ3v) is 4.75. The summed E-state index contributed by atoms with van der Waals surface area (Å²) in [6.45, 7) is 8.12. The first-order valence-corrected chi connectivity index (χ1v) is 8.11. The standard InChI is InChI=1S/C16H34N2O/c1-15(2)18(3)12-8-7-11-17-13-16(14-19)9-5-4-6-10-16/h15,17,19H,4-14H2,1-3H3. The van der Waals surface area contributed by atoms with Crippen molar-refractivity contribution < 1.29 is 5.11 Å². The van der Waals surface area contributed by atoms with E-state index in [0.717, 1.165) is 13.1 Å². The van der Waals surface area contributed by atoms with Crippen LogP contribution < -0.4 is 5.32 Å². The van der Waals surface area contributed by atoms with Gasteiger partial charge in [-0.1, -0.05) is 19.3 Å². The molecule has 1 rings (SSSR count). The molecule has 0 saturated heterocycles. The fraction of sp³-hybridized carbons (Fsp3) is 1.00. The summed E-state index contributed by atoms with van der Waals surface area (Å²) < 4.78 is 0. The SMILES string of the molecule is CC(C)N(C)CCCCNCC1(CO)CCCCC1. The first kappa shape index (κ1) is 16.9. The van der Waals surface area contributed by atoms with Crippen LogP contribution in [0.4, 0.5) is 0 Å². The Balaban J connectivity index is 2.06. The minimum Gasteiger partial charge on any atom is -0.396 e. The highest BCUT2D eigenvalue weighted by atomic mass is 16.3. The summed E-state index contributed by atoms with van der Waals surface area (Å²) in [5.41, 5.74) is 0.187. The van der Waals surface area contributed by atoms with E-state index in [1.54, 1.807) is 0 Å². The molecular formula is C16H34N2O. The van der Waals surface area contributed by atoms with Crippen molar-refractivity contribution in [3.8, 4) is 0 Å². The minimum absolute atomic E-state index is 0.187. The highest BCUT2D eigenvalue weighted by molar-refractivity contribution is 4.84. The summed E-state index contributed by atoms with van der Waals surface area (Å²) in [4.78, 5) is 2.40. The molecule has 114 valence electrons. The van der Waals surface area contributed by atoms with E-state index in [1.807, 2.05) is 0 Å². The van der Waals surface area contributed by atoms with Crippen LogP contribution in [0.5, 0.6) is 0 Å². The molecule has 1 aliphatic rings. The zero-order valence-corrected chi connectivity index (χ0v) is 13.2. The van der Waals surface area contributed by atoms with Crippen LogP contribution in [0.1, 0.15) is 58.8 Å². The molecule has 0 aliphatic heterocycles. The van der Waals surface area contributed by atoms with Gasteiger partial charge in [0.15, 0.2) is 0 Å². The summed E-state index contributed by atoms with van der Waals surface area (Å²) >= 11 is 0. The number of aliphatic hydroxyl groups excluding tert-OH is 1. The van der Waals surface area contributed by atoms with E-state index in [-0.39, 0.29) is 5.41 Å². The Labute approximate surface area is 119 Å². The Hall–Kier alpha value is -0.120. The van der Waals surface area contributed by atoms with Crippen molar-refractivity contribution in [2.24, 2.45) is 5.41 Å². The van der Waals surface area contributed by atoms with Crippen molar-refractivity contribution in [3.63, 3.8) is 0 Å². The molecule has 3 nitrogen and oxygen atoms in total. The van der Waals surface area contributed by atoms with Gasteiger partial charge < -0.3 is 15.3 Å². The van der Waals surface area contributed by atoms with Gasteiger partial charge in [-0.2, -0.15) is 0 Å². The number of unbranched alkanes of at least 4 members (excludes halogenated alkanes) is 1. The average molecular weight is 270 g/mol. The van der Waals surface area contributed by atoms with Gasteiger partial charge in [-0.15, -0.1) is 0 Å². The van der Waals surface area contributed by atoms with Crippen molar-refractivity contribution >= 4 is 0 Å². The van der Waals surface area contributed by atoms with Gasteiger partial charge >= 0.3 is 0 Å². The van der Waals surface area contributed by atoms with Gasteiger partial charge in [0.05, 0.1) is 0 Å². The Morgan fingerprint density at radius 3 is 2.42 bits per heavy atom. The van der Waals surface area contributed by atoms with Crippen molar-refractivity contribution in [3.05, 3.63) is 0 Å². The molecule has 1 saturated carbocycles. The fourth-order valence-electron chi connectivity index (χ4n) is 2.92. The molecular weight excluding hydrogens is 236 g/mol. The molecule has 0 atom stereocenters. The van der Waals surface area contributed by atoms with Crippen LogP contribution in [0.15, 0.2) is 0 Å². The van der Waals surface area contributed by atoms with Crippen molar-refractivity contribution in [1.82, 2.24) is 10.2 Å². The molecule has 0 spiro atoms. The van der Waals surface area contributed by atoms with E-state index in [1.165, 1.54) is 51.5 Å². The molecule has 0 unspecified atom stereocenters. The largest absolute Gasteiger partial charge is 0.396 e. The van der Waals surface area contributed by atoms with Gasteiger partial charge in [0, 0.05) is 24.6 Å². The molecule has 0 bridgehead atoms. The lowest BCUT2D eigenvalue weighted by Crippen LogP contribution is -2.39. The zero-order valence-electron chi connectivity index (χ0n) is 13.2. The molecule has 0 aromatic rings. The van der Waals surface area contributed by atoms with Gasteiger partial charge in [0.1, 0.15) is 0 Å². The van der Waals surface area contributed by atoms with Crippen molar-refractivity contribution in [2.45, 2.75) is 64.8 Å². The number of hydrogen-bond acceptors (Lipinski definition) is 3. The molecule has 19 heavy (non-hydrogen) atoms. The van der Waals surface area contributed by atoms with E-state index in [9.17, 15) is 5.11 Å². The second kappa shape index (κ2) is 8.93. The van der Waals surface area contributed by atoms with Gasteiger partial charge in [0.25, 0.3) is 0 Å².